The van der Waals surface area contributed by atoms with E-state index < -0.39 is 16.8 Å². The Morgan fingerprint density at radius 2 is 1.85 bits per heavy atom. The summed E-state index contributed by atoms with van der Waals surface area (Å²) in [6, 6.07) is 7.99. The molecule has 1 saturated heterocycles. The fraction of sp³-hybridized carbons (Fsp3) is 0.654. The second-order valence-corrected chi connectivity index (χ2v) is 10.6. The van der Waals surface area contributed by atoms with Crippen molar-refractivity contribution in [1.82, 2.24) is 10.2 Å². The Kier molecular flexibility index (Phi) is 8.03. The predicted octanol–water partition coefficient (Wildman–Crippen LogP) is 3.80. The number of carbonyl (C=O) groups excluding carboxylic acids is 2. The molecule has 2 N–H and O–H groups in total. The molecule has 0 saturated carbocycles. The highest BCUT2D eigenvalue weighted by molar-refractivity contribution is 5.84. The summed E-state index contributed by atoms with van der Waals surface area (Å²) in [6.07, 6.45) is 5.08. The van der Waals surface area contributed by atoms with Crippen molar-refractivity contribution in [2.75, 3.05) is 19.7 Å². The molecule has 0 aliphatic carbocycles. The van der Waals surface area contributed by atoms with E-state index in [9.17, 15) is 14.4 Å². The number of aliphatic carboxylic acids is 1. The lowest BCUT2D eigenvalue weighted by Crippen LogP contribution is -2.52. The molecule has 2 heterocycles. The molecule has 1 atom stereocenters. The van der Waals surface area contributed by atoms with E-state index in [1.807, 2.05) is 39.0 Å². The zero-order valence-corrected chi connectivity index (χ0v) is 20.2. The Morgan fingerprint density at radius 3 is 2.55 bits per heavy atom. The van der Waals surface area contributed by atoms with Crippen LogP contribution in [0.1, 0.15) is 71.3 Å². The van der Waals surface area contributed by atoms with Crippen LogP contribution >= 0.6 is 0 Å². The van der Waals surface area contributed by atoms with Crippen LogP contribution < -0.4 is 10.1 Å². The summed E-state index contributed by atoms with van der Waals surface area (Å²) in [5.74, 6) is 0.0383. The van der Waals surface area contributed by atoms with Crippen LogP contribution in [-0.2, 0) is 20.8 Å². The molecule has 0 bridgehead atoms. The van der Waals surface area contributed by atoms with E-state index in [-0.39, 0.29) is 30.7 Å². The van der Waals surface area contributed by atoms with E-state index in [4.69, 9.17) is 9.84 Å². The molecule has 0 aromatic heterocycles. The Labute approximate surface area is 196 Å². The molecular weight excluding hydrogens is 420 g/mol. The maximum atomic E-state index is 13.4. The van der Waals surface area contributed by atoms with Gasteiger partial charge in [-0.1, -0.05) is 38.5 Å². The van der Waals surface area contributed by atoms with Gasteiger partial charge in [-0.3, -0.25) is 14.4 Å². The number of carbonyl (C=O) groups is 3. The number of piperidine rings is 1. The van der Waals surface area contributed by atoms with Crippen LogP contribution in [0.4, 0.5) is 0 Å². The van der Waals surface area contributed by atoms with Gasteiger partial charge in [-0.05, 0) is 56.1 Å². The normalized spacial score (nSPS) is 21.7. The number of likely N-dealkylation sites (tertiary alicyclic amines) is 1. The van der Waals surface area contributed by atoms with Crippen molar-refractivity contribution in [3.63, 3.8) is 0 Å². The number of ether oxygens (including phenoxy) is 1. The van der Waals surface area contributed by atoms with E-state index >= 15 is 0 Å². The predicted molar refractivity (Wildman–Crippen MR) is 126 cm³/mol. The van der Waals surface area contributed by atoms with Crippen LogP contribution in [0.15, 0.2) is 24.3 Å². The molecule has 2 aliphatic heterocycles. The average Bonchev–Trinajstić information content (AvgIpc) is 2.74. The molecule has 1 fully saturated rings. The number of rotatable bonds is 4. The second kappa shape index (κ2) is 10.6. The van der Waals surface area contributed by atoms with Crippen LogP contribution in [0.3, 0.4) is 0 Å². The highest BCUT2D eigenvalue weighted by Gasteiger charge is 2.42. The summed E-state index contributed by atoms with van der Waals surface area (Å²) in [5.41, 5.74) is 0.143. The molecule has 1 spiro atoms. The zero-order valence-electron chi connectivity index (χ0n) is 20.2. The van der Waals surface area contributed by atoms with Crippen LogP contribution in [0.25, 0.3) is 0 Å². The molecule has 1 aromatic rings. The monoisotopic (exact) mass is 458 g/mol. The molecule has 2 amide bonds. The van der Waals surface area contributed by atoms with Gasteiger partial charge in [0.1, 0.15) is 12.4 Å². The Bertz CT molecular complexity index is 858. The summed E-state index contributed by atoms with van der Waals surface area (Å²) in [4.78, 5) is 39.1. The number of para-hydroxylation sites is 1. The largest absolute Gasteiger partial charge is 0.491 e. The second-order valence-electron chi connectivity index (χ2n) is 10.6. The van der Waals surface area contributed by atoms with Crippen molar-refractivity contribution in [2.45, 2.75) is 78.2 Å². The minimum Gasteiger partial charge on any atom is -0.491 e. The fourth-order valence-electron chi connectivity index (χ4n) is 5.03. The molecule has 0 unspecified atom stereocenters. The van der Waals surface area contributed by atoms with Crippen LogP contribution in [0, 0.1) is 10.8 Å². The van der Waals surface area contributed by atoms with Gasteiger partial charge in [0.25, 0.3) is 0 Å². The Hall–Kier alpha value is -2.57. The van der Waals surface area contributed by atoms with Crippen molar-refractivity contribution in [3.8, 4) is 5.75 Å². The van der Waals surface area contributed by atoms with E-state index in [1.54, 1.807) is 4.90 Å². The van der Waals surface area contributed by atoms with Crippen molar-refractivity contribution in [2.24, 2.45) is 10.8 Å². The third-order valence-electron chi connectivity index (χ3n) is 7.00. The van der Waals surface area contributed by atoms with Crippen molar-refractivity contribution >= 4 is 17.8 Å². The van der Waals surface area contributed by atoms with Gasteiger partial charge >= 0.3 is 5.97 Å². The number of fused-ring (bicyclic) bond motifs is 1. The topological polar surface area (TPSA) is 95.9 Å². The smallest absolute Gasteiger partial charge is 0.303 e. The Balaban J connectivity index is 1.65. The van der Waals surface area contributed by atoms with Crippen LogP contribution in [-0.4, -0.2) is 53.5 Å². The van der Waals surface area contributed by atoms with E-state index in [0.29, 0.717) is 32.5 Å². The number of nitrogens with zero attached hydrogens (tertiary/aromatic N) is 1. The number of benzene rings is 1. The molecule has 1 aromatic carbocycles. The number of hydrogen-bond donors (Lipinski definition) is 2. The molecule has 7 heteroatoms. The van der Waals surface area contributed by atoms with Crippen molar-refractivity contribution in [1.29, 1.82) is 0 Å². The third kappa shape index (κ3) is 6.71. The fourth-order valence-corrected chi connectivity index (χ4v) is 5.03. The molecule has 33 heavy (non-hydrogen) atoms. The summed E-state index contributed by atoms with van der Waals surface area (Å²) < 4.78 is 6.01. The lowest BCUT2D eigenvalue weighted by molar-refractivity contribution is -0.144. The van der Waals surface area contributed by atoms with Gasteiger partial charge in [0.05, 0.1) is 17.9 Å². The standard InChI is InChI=1S/C26H38N2O5/c1-19-18-33-21-10-5-4-8-20(21)9-6-7-11-26(24(32)27-19)12-14-28(15-13-26)22(29)16-25(2,3)17-23(30)31/h4-5,8,10,19H,6-7,9,11-18H2,1-3H3,(H,27,32)(H,30,31)/t19-/m0/s1. The molecule has 2 aliphatic rings. The lowest BCUT2D eigenvalue weighted by atomic mass is 9.73. The quantitative estimate of drug-likeness (QED) is 0.716. The molecule has 0 radical (unpaired) electrons. The molecule has 7 nitrogen and oxygen atoms in total. The number of nitrogens with one attached hydrogen (secondary N) is 1. The van der Waals surface area contributed by atoms with Crippen molar-refractivity contribution in [3.05, 3.63) is 29.8 Å². The first kappa shape index (κ1) is 25.1. The highest BCUT2D eigenvalue weighted by Crippen LogP contribution is 2.38. The van der Waals surface area contributed by atoms with E-state index in [0.717, 1.165) is 31.4 Å². The molecule has 3 rings (SSSR count). The first-order valence-corrected chi connectivity index (χ1v) is 12.1. The van der Waals surface area contributed by atoms with Gasteiger partial charge in [-0.15, -0.1) is 0 Å². The Morgan fingerprint density at radius 1 is 1.15 bits per heavy atom. The first-order chi connectivity index (χ1) is 15.6. The maximum Gasteiger partial charge on any atom is 0.303 e. The summed E-state index contributed by atoms with van der Waals surface area (Å²) in [6.45, 7) is 7.07. The number of carboxylic acids is 1. The SMILES string of the molecule is C[C@H]1COc2ccccc2CCCCC2(CCN(C(=O)CC(C)(C)CC(=O)O)CC2)C(=O)N1. The highest BCUT2D eigenvalue weighted by atomic mass is 16.5. The zero-order chi connectivity index (χ0) is 24.1. The minimum atomic E-state index is -0.893. The number of carboxylic acid groups (broad SMARTS) is 1. The number of amides is 2. The molecule has 182 valence electrons. The summed E-state index contributed by atoms with van der Waals surface area (Å²) >= 11 is 0. The summed E-state index contributed by atoms with van der Waals surface area (Å²) in [7, 11) is 0. The number of aryl methyl sites for hydroxylation is 1. The van der Waals surface area contributed by atoms with Crippen LogP contribution in [0.2, 0.25) is 0 Å². The van der Waals surface area contributed by atoms with Gasteiger partial charge in [0.2, 0.25) is 11.8 Å². The van der Waals surface area contributed by atoms with Gasteiger partial charge in [-0.2, -0.15) is 0 Å². The lowest BCUT2D eigenvalue weighted by Gasteiger charge is -2.42. The average molecular weight is 459 g/mol. The van der Waals surface area contributed by atoms with E-state index in [1.165, 1.54) is 5.56 Å². The minimum absolute atomic E-state index is 0.0250. The van der Waals surface area contributed by atoms with Crippen LogP contribution in [0.5, 0.6) is 5.75 Å². The number of hydrogen-bond acceptors (Lipinski definition) is 4. The van der Waals surface area contributed by atoms with Gasteiger partial charge in [-0.25, -0.2) is 0 Å². The summed E-state index contributed by atoms with van der Waals surface area (Å²) in [5, 5.41) is 12.3. The van der Waals surface area contributed by atoms with E-state index in [2.05, 4.69) is 11.4 Å². The van der Waals surface area contributed by atoms with Crippen molar-refractivity contribution < 1.29 is 24.2 Å². The van der Waals surface area contributed by atoms with Gasteiger partial charge in [0.15, 0.2) is 0 Å². The first-order valence-electron chi connectivity index (χ1n) is 12.1. The maximum absolute atomic E-state index is 13.4. The molecular formula is C26H38N2O5. The van der Waals surface area contributed by atoms with Gasteiger partial charge in [0, 0.05) is 19.5 Å². The third-order valence-corrected chi connectivity index (χ3v) is 7.00. The van der Waals surface area contributed by atoms with Gasteiger partial charge < -0.3 is 20.1 Å².